The third kappa shape index (κ3) is 3.01. The maximum absolute atomic E-state index is 6.04. The van der Waals surface area contributed by atoms with Gasteiger partial charge >= 0.3 is 0 Å². The van der Waals surface area contributed by atoms with E-state index in [4.69, 9.17) is 4.74 Å². The Hall–Kier alpha value is -0.860. The number of ether oxygens (including phenoxy) is 1. The summed E-state index contributed by atoms with van der Waals surface area (Å²) in [6.45, 7) is 8.51. The van der Waals surface area contributed by atoms with E-state index in [-0.39, 0.29) is 11.0 Å². The van der Waals surface area contributed by atoms with Crippen molar-refractivity contribution >= 4 is 0 Å². The summed E-state index contributed by atoms with van der Waals surface area (Å²) in [6.07, 6.45) is 4.49. The first kappa shape index (κ1) is 14.5. The van der Waals surface area contributed by atoms with Crippen LogP contribution >= 0.6 is 0 Å². The van der Waals surface area contributed by atoms with Crippen LogP contribution in [0.25, 0.3) is 0 Å². The minimum atomic E-state index is 0.0261. The highest BCUT2D eigenvalue weighted by Gasteiger charge is 2.43. The number of rotatable bonds is 4. The van der Waals surface area contributed by atoms with Gasteiger partial charge in [0, 0.05) is 18.4 Å². The van der Waals surface area contributed by atoms with Crippen LogP contribution in [0.5, 0.6) is 0 Å². The summed E-state index contributed by atoms with van der Waals surface area (Å²) in [5, 5.41) is 0. The van der Waals surface area contributed by atoms with Crippen molar-refractivity contribution in [3.63, 3.8) is 0 Å². The van der Waals surface area contributed by atoms with Crippen LogP contribution in [0.4, 0.5) is 0 Å². The molecule has 1 fully saturated rings. The highest BCUT2D eigenvalue weighted by Crippen LogP contribution is 2.44. The molecule has 0 bridgehead atoms. The van der Waals surface area contributed by atoms with Crippen LogP contribution in [-0.4, -0.2) is 18.8 Å². The van der Waals surface area contributed by atoms with E-state index in [0.717, 1.165) is 38.8 Å². The molecule has 0 spiro atoms. The minimum absolute atomic E-state index is 0.0261. The summed E-state index contributed by atoms with van der Waals surface area (Å²) in [6, 6.07) is 9.09. The summed E-state index contributed by atoms with van der Waals surface area (Å²) < 4.78 is 6.04. The Balaban J connectivity index is 2.34. The molecule has 2 nitrogen and oxygen atoms in total. The highest BCUT2D eigenvalue weighted by molar-refractivity contribution is 5.30. The summed E-state index contributed by atoms with van der Waals surface area (Å²) in [5.41, 5.74) is 7.20. The molecule has 1 heterocycles. The van der Waals surface area contributed by atoms with Crippen LogP contribution in [0, 0.1) is 6.92 Å². The van der Waals surface area contributed by atoms with Gasteiger partial charge in [0.05, 0.1) is 12.1 Å². The van der Waals surface area contributed by atoms with E-state index in [9.17, 15) is 0 Å². The zero-order chi connectivity index (χ0) is 13.9. The zero-order valence-corrected chi connectivity index (χ0v) is 12.7. The molecule has 3 N–H and O–H groups in total. The van der Waals surface area contributed by atoms with Gasteiger partial charge in [-0.3, -0.25) is 0 Å². The van der Waals surface area contributed by atoms with Gasteiger partial charge in [-0.05, 0) is 38.7 Å². The number of benzene rings is 1. The molecule has 1 saturated heterocycles. The van der Waals surface area contributed by atoms with Crippen molar-refractivity contribution in [1.82, 2.24) is 0 Å². The van der Waals surface area contributed by atoms with E-state index in [1.165, 1.54) is 11.1 Å². The molecule has 0 amide bonds. The van der Waals surface area contributed by atoms with Crippen LogP contribution < -0.4 is 5.73 Å². The van der Waals surface area contributed by atoms with Gasteiger partial charge in [-0.15, -0.1) is 0 Å². The first-order valence-electron chi connectivity index (χ1n) is 7.54. The second kappa shape index (κ2) is 5.64. The molecule has 1 aliphatic heterocycles. The van der Waals surface area contributed by atoms with Crippen molar-refractivity contribution in [2.24, 2.45) is 0 Å². The Labute approximate surface area is 117 Å². The van der Waals surface area contributed by atoms with Gasteiger partial charge in [0.15, 0.2) is 0 Å². The van der Waals surface area contributed by atoms with Crippen LogP contribution in [0.1, 0.15) is 50.7 Å². The van der Waals surface area contributed by atoms with Gasteiger partial charge in [-0.2, -0.15) is 0 Å². The van der Waals surface area contributed by atoms with E-state index in [2.05, 4.69) is 50.8 Å². The zero-order valence-electron chi connectivity index (χ0n) is 12.7. The second-order valence-electron chi connectivity index (χ2n) is 6.33. The summed E-state index contributed by atoms with van der Waals surface area (Å²) in [5.74, 6) is 0. The van der Waals surface area contributed by atoms with E-state index in [1.807, 2.05) is 0 Å². The number of hydrogen-bond donors (Lipinski definition) is 1. The molecule has 2 rings (SSSR count). The maximum Gasteiger partial charge on any atom is 0.0748 e. The van der Waals surface area contributed by atoms with Gasteiger partial charge in [-0.1, -0.05) is 36.8 Å². The molecular formula is C17H28NO+. The fraction of sp³-hybridized carbons (Fsp3) is 0.647. The second-order valence-corrected chi connectivity index (χ2v) is 6.33. The Morgan fingerprint density at radius 1 is 1.26 bits per heavy atom. The molecule has 2 heteroatoms. The molecule has 0 aliphatic carbocycles. The SMILES string of the molecule is CC[C@@]1(C)C[C@](CC[NH3+])(c2ccc(C)cc2)CCO1. The Morgan fingerprint density at radius 2 is 1.95 bits per heavy atom. The van der Waals surface area contributed by atoms with E-state index < -0.39 is 0 Å². The topological polar surface area (TPSA) is 36.9 Å². The summed E-state index contributed by atoms with van der Waals surface area (Å²) in [4.78, 5) is 0. The quantitative estimate of drug-likeness (QED) is 0.890. The number of aryl methyl sites for hydroxylation is 1. The summed E-state index contributed by atoms with van der Waals surface area (Å²) >= 11 is 0. The number of hydrogen-bond acceptors (Lipinski definition) is 1. The van der Waals surface area contributed by atoms with Gasteiger partial charge in [0.2, 0.25) is 0 Å². The van der Waals surface area contributed by atoms with Crippen molar-refractivity contribution < 1.29 is 10.5 Å². The largest absolute Gasteiger partial charge is 0.375 e. The lowest BCUT2D eigenvalue weighted by Crippen LogP contribution is -2.55. The summed E-state index contributed by atoms with van der Waals surface area (Å²) in [7, 11) is 0. The molecule has 2 atom stereocenters. The Morgan fingerprint density at radius 3 is 2.53 bits per heavy atom. The third-order valence-electron chi connectivity index (χ3n) is 4.81. The van der Waals surface area contributed by atoms with Gasteiger partial charge in [-0.25, -0.2) is 0 Å². The minimum Gasteiger partial charge on any atom is -0.375 e. The third-order valence-corrected chi connectivity index (χ3v) is 4.81. The smallest absolute Gasteiger partial charge is 0.0748 e. The standard InChI is InChI=1S/C17H27NO/c1-4-16(3)13-17(9-11-18,10-12-19-16)15-7-5-14(2)6-8-15/h5-8H,4,9-13,18H2,1-3H3/p+1/t16-,17+/m0/s1. The number of quaternary nitrogens is 1. The molecule has 0 radical (unpaired) electrons. The maximum atomic E-state index is 6.04. The first-order valence-corrected chi connectivity index (χ1v) is 7.54. The first-order chi connectivity index (χ1) is 9.03. The molecule has 1 aromatic carbocycles. The lowest BCUT2D eigenvalue weighted by atomic mass is 9.66. The van der Waals surface area contributed by atoms with Crippen LogP contribution in [0.3, 0.4) is 0 Å². The van der Waals surface area contributed by atoms with Gasteiger partial charge in [0.25, 0.3) is 0 Å². The van der Waals surface area contributed by atoms with Crippen LogP contribution in [0.15, 0.2) is 24.3 Å². The van der Waals surface area contributed by atoms with Crippen molar-refractivity contribution in [3.05, 3.63) is 35.4 Å². The van der Waals surface area contributed by atoms with Crippen molar-refractivity contribution in [1.29, 1.82) is 0 Å². The fourth-order valence-corrected chi connectivity index (χ4v) is 3.42. The lowest BCUT2D eigenvalue weighted by molar-refractivity contribution is -0.372. The highest BCUT2D eigenvalue weighted by atomic mass is 16.5. The lowest BCUT2D eigenvalue weighted by Gasteiger charge is -2.46. The Bertz CT molecular complexity index is 410. The Kier molecular flexibility index (Phi) is 4.32. The molecular weight excluding hydrogens is 234 g/mol. The van der Waals surface area contributed by atoms with Gasteiger partial charge < -0.3 is 10.5 Å². The average molecular weight is 262 g/mol. The predicted octanol–water partition coefficient (Wildman–Crippen LogP) is 2.84. The van der Waals surface area contributed by atoms with Gasteiger partial charge in [0.1, 0.15) is 0 Å². The predicted molar refractivity (Wildman–Crippen MR) is 79.1 cm³/mol. The molecule has 19 heavy (non-hydrogen) atoms. The molecule has 0 aromatic heterocycles. The van der Waals surface area contributed by atoms with E-state index in [0.29, 0.717) is 0 Å². The molecule has 106 valence electrons. The van der Waals surface area contributed by atoms with Crippen molar-refractivity contribution in [2.45, 2.75) is 57.5 Å². The molecule has 1 aliphatic rings. The van der Waals surface area contributed by atoms with Crippen LogP contribution in [0.2, 0.25) is 0 Å². The van der Waals surface area contributed by atoms with Crippen molar-refractivity contribution in [2.75, 3.05) is 13.2 Å². The normalized spacial score (nSPS) is 31.4. The molecule has 1 aromatic rings. The van der Waals surface area contributed by atoms with E-state index in [1.54, 1.807) is 0 Å². The fourth-order valence-electron chi connectivity index (χ4n) is 3.42. The average Bonchev–Trinajstić information content (AvgIpc) is 2.40. The van der Waals surface area contributed by atoms with Crippen LogP contribution in [-0.2, 0) is 10.2 Å². The van der Waals surface area contributed by atoms with E-state index >= 15 is 0 Å². The molecule has 0 saturated carbocycles. The molecule has 0 unspecified atom stereocenters. The van der Waals surface area contributed by atoms with Crippen molar-refractivity contribution in [3.8, 4) is 0 Å². The monoisotopic (exact) mass is 262 g/mol.